The van der Waals surface area contributed by atoms with E-state index in [1.54, 1.807) is 25.1 Å². The van der Waals surface area contributed by atoms with E-state index < -0.39 is 11.9 Å². The van der Waals surface area contributed by atoms with E-state index in [2.05, 4.69) is 15.9 Å². The van der Waals surface area contributed by atoms with Crippen LogP contribution in [0, 0.1) is 5.92 Å². The topological polar surface area (TPSA) is 54.4 Å². The van der Waals surface area contributed by atoms with Crippen LogP contribution in [0.15, 0.2) is 22.7 Å². The molecule has 0 aliphatic heterocycles. The van der Waals surface area contributed by atoms with Crippen LogP contribution in [-0.4, -0.2) is 16.9 Å². The van der Waals surface area contributed by atoms with Crippen molar-refractivity contribution >= 4 is 39.3 Å². The van der Waals surface area contributed by atoms with Gasteiger partial charge >= 0.3 is 5.97 Å². The average Bonchev–Trinajstić information content (AvgIpc) is 2.20. The van der Waals surface area contributed by atoms with Crippen LogP contribution in [-0.2, 0) is 4.79 Å². The number of carbonyl (C=O) groups excluding carboxylic acids is 1. The molecule has 1 rings (SSSR count). The highest BCUT2D eigenvalue weighted by atomic mass is 79.9. The summed E-state index contributed by atoms with van der Waals surface area (Å²) in [7, 11) is 0. The van der Waals surface area contributed by atoms with E-state index in [-0.39, 0.29) is 12.2 Å². The van der Waals surface area contributed by atoms with Gasteiger partial charge < -0.3 is 5.11 Å². The number of carbonyl (C=O) groups is 2. The third kappa shape index (κ3) is 3.32. The normalized spacial score (nSPS) is 12.2. The second kappa shape index (κ2) is 5.46. The fraction of sp³-hybridized carbons (Fsp3) is 0.273. The molecule has 0 bridgehead atoms. The van der Waals surface area contributed by atoms with Crippen molar-refractivity contribution < 1.29 is 14.7 Å². The van der Waals surface area contributed by atoms with Crippen molar-refractivity contribution in [2.24, 2.45) is 5.92 Å². The van der Waals surface area contributed by atoms with Crippen molar-refractivity contribution in [3.8, 4) is 0 Å². The number of halogens is 2. The van der Waals surface area contributed by atoms with Crippen LogP contribution in [0.1, 0.15) is 23.7 Å². The Kier molecular flexibility index (Phi) is 4.50. The Labute approximate surface area is 107 Å². The standard InChI is InChI=1S/C11H10BrClO3/c1-6(4-10(14)15)11(16)7-2-3-9(13)8(12)5-7/h2-3,5-6H,4H2,1H3,(H,14,15). The average molecular weight is 306 g/mol. The maximum atomic E-state index is 11.8. The van der Waals surface area contributed by atoms with Crippen molar-refractivity contribution in [3.63, 3.8) is 0 Å². The Morgan fingerprint density at radius 1 is 1.50 bits per heavy atom. The smallest absolute Gasteiger partial charge is 0.304 e. The lowest BCUT2D eigenvalue weighted by molar-refractivity contribution is -0.137. The molecular weight excluding hydrogens is 295 g/mol. The first-order chi connectivity index (χ1) is 7.41. The third-order valence-corrected chi connectivity index (χ3v) is 3.35. The number of rotatable bonds is 4. The van der Waals surface area contributed by atoms with Crippen LogP contribution in [0.5, 0.6) is 0 Å². The minimum absolute atomic E-state index is 0.168. The zero-order valence-corrected chi connectivity index (χ0v) is 10.9. The number of Topliss-reactive ketones (excluding diaryl/α,β-unsaturated/α-hetero) is 1. The summed E-state index contributed by atoms with van der Waals surface area (Å²) in [5, 5.41) is 9.11. The number of carboxylic acid groups (broad SMARTS) is 1. The fourth-order valence-corrected chi connectivity index (χ4v) is 1.78. The van der Waals surface area contributed by atoms with Gasteiger partial charge in [-0.25, -0.2) is 0 Å². The first kappa shape index (κ1) is 13.2. The van der Waals surface area contributed by atoms with Crippen molar-refractivity contribution in [1.82, 2.24) is 0 Å². The molecule has 1 aromatic rings. The molecule has 1 atom stereocenters. The molecule has 0 aliphatic rings. The Morgan fingerprint density at radius 3 is 2.62 bits per heavy atom. The third-order valence-electron chi connectivity index (χ3n) is 2.13. The van der Waals surface area contributed by atoms with Crippen molar-refractivity contribution in [3.05, 3.63) is 33.3 Å². The number of carboxylic acids is 1. The summed E-state index contributed by atoms with van der Waals surface area (Å²) < 4.78 is 0.627. The van der Waals surface area contributed by atoms with Crippen molar-refractivity contribution in [2.45, 2.75) is 13.3 Å². The summed E-state index contributed by atoms with van der Waals surface area (Å²) >= 11 is 9.01. The molecule has 1 N–H and O–H groups in total. The van der Waals surface area contributed by atoms with Gasteiger partial charge in [0.25, 0.3) is 0 Å². The molecule has 0 aliphatic carbocycles. The highest BCUT2D eigenvalue weighted by molar-refractivity contribution is 9.10. The van der Waals surface area contributed by atoms with E-state index in [0.717, 1.165) is 0 Å². The predicted molar refractivity (Wildman–Crippen MR) is 64.9 cm³/mol. The van der Waals surface area contributed by atoms with E-state index >= 15 is 0 Å². The van der Waals surface area contributed by atoms with E-state index in [0.29, 0.717) is 15.1 Å². The Morgan fingerprint density at radius 2 is 2.12 bits per heavy atom. The van der Waals surface area contributed by atoms with E-state index in [1.165, 1.54) is 0 Å². The summed E-state index contributed by atoms with van der Waals surface area (Å²) in [5.74, 6) is -1.71. The lowest BCUT2D eigenvalue weighted by Gasteiger charge is -2.08. The highest BCUT2D eigenvalue weighted by Gasteiger charge is 2.18. The van der Waals surface area contributed by atoms with E-state index in [9.17, 15) is 9.59 Å². The fourth-order valence-electron chi connectivity index (χ4n) is 1.29. The quantitative estimate of drug-likeness (QED) is 0.867. The number of aliphatic carboxylic acids is 1. The monoisotopic (exact) mass is 304 g/mol. The molecule has 5 heteroatoms. The van der Waals surface area contributed by atoms with E-state index in [1.807, 2.05) is 0 Å². The molecular formula is C11H10BrClO3. The minimum Gasteiger partial charge on any atom is -0.481 e. The summed E-state index contributed by atoms with van der Waals surface area (Å²) in [6.07, 6.45) is -0.168. The lowest BCUT2D eigenvalue weighted by atomic mass is 9.97. The molecule has 0 amide bonds. The molecule has 1 unspecified atom stereocenters. The summed E-state index contributed by atoms with van der Waals surface area (Å²) in [4.78, 5) is 22.3. The van der Waals surface area contributed by atoms with Gasteiger partial charge in [-0.2, -0.15) is 0 Å². The summed E-state index contributed by atoms with van der Waals surface area (Å²) in [6.45, 7) is 1.60. The molecule has 3 nitrogen and oxygen atoms in total. The number of hydrogen-bond acceptors (Lipinski definition) is 2. The predicted octanol–water partition coefficient (Wildman–Crippen LogP) is 3.40. The van der Waals surface area contributed by atoms with Gasteiger partial charge in [0.1, 0.15) is 0 Å². The number of ketones is 1. The lowest BCUT2D eigenvalue weighted by Crippen LogP contribution is -2.15. The number of benzene rings is 1. The molecule has 0 saturated heterocycles. The summed E-state index contributed by atoms with van der Waals surface area (Å²) in [6, 6.07) is 4.79. The Bertz CT molecular complexity index is 431. The first-order valence-corrected chi connectivity index (χ1v) is 5.80. The van der Waals surface area contributed by atoms with Crippen LogP contribution in [0.25, 0.3) is 0 Å². The van der Waals surface area contributed by atoms with Gasteiger partial charge in [0, 0.05) is 16.0 Å². The molecule has 16 heavy (non-hydrogen) atoms. The molecule has 86 valence electrons. The molecule has 0 spiro atoms. The van der Waals surface area contributed by atoms with Crippen LogP contribution in [0.4, 0.5) is 0 Å². The zero-order valence-electron chi connectivity index (χ0n) is 8.54. The van der Waals surface area contributed by atoms with Gasteiger partial charge in [-0.3, -0.25) is 9.59 Å². The van der Waals surface area contributed by atoms with Crippen LogP contribution >= 0.6 is 27.5 Å². The zero-order chi connectivity index (χ0) is 12.3. The first-order valence-electron chi connectivity index (χ1n) is 4.63. The van der Waals surface area contributed by atoms with Crippen LogP contribution in [0.2, 0.25) is 5.02 Å². The molecule has 0 fully saturated rings. The SMILES string of the molecule is CC(CC(=O)O)C(=O)c1ccc(Cl)c(Br)c1. The summed E-state index contributed by atoms with van der Waals surface area (Å²) in [5.41, 5.74) is 0.463. The second-order valence-corrected chi connectivity index (χ2v) is 4.75. The van der Waals surface area contributed by atoms with Crippen molar-refractivity contribution in [2.75, 3.05) is 0 Å². The number of hydrogen-bond donors (Lipinski definition) is 1. The largest absolute Gasteiger partial charge is 0.481 e. The molecule has 0 aromatic heterocycles. The molecule has 0 heterocycles. The van der Waals surface area contributed by atoms with Gasteiger partial charge in [-0.1, -0.05) is 18.5 Å². The minimum atomic E-state index is -0.978. The van der Waals surface area contributed by atoms with Gasteiger partial charge in [-0.15, -0.1) is 0 Å². The maximum absolute atomic E-state index is 11.8. The molecule has 0 saturated carbocycles. The molecule has 0 radical (unpaired) electrons. The van der Waals surface area contributed by atoms with Crippen LogP contribution in [0.3, 0.4) is 0 Å². The van der Waals surface area contributed by atoms with Gasteiger partial charge in [0.05, 0.1) is 11.4 Å². The van der Waals surface area contributed by atoms with Gasteiger partial charge in [-0.05, 0) is 34.1 Å². The second-order valence-electron chi connectivity index (χ2n) is 3.49. The molecule has 1 aromatic carbocycles. The highest BCUT2D eigenvalue weighted by Crippen LogP contribution is 2.24. The van der Waals surface area contributed by atoms with E-state index in [4.69, 9.17) is 16.7 Å². The van der Waals surface area contributed by atoms with Crippen LogP contribution < -0.4 is 0 Å². The Hall–Kier alpha value is -0.870. The van der Waals surface area contributed by atoms with Gasteiger partial charge in [0.2, 0.25) is 0 Å². The Balaban J connectivity index is 2.88. The van der Waals surface area contributed by atoms with Crippen molar-refractivity contribution in [1.29, 1.82) is 0 Å². The van der Waals surface area contributed by atoms with Gasteiger partial charge in [0.15, 0.2) is 5.78 Å². The maximum Gasteiger partial charge on any atom is 0.304 e.